The van der Waals surface area contributed by atoms with Crippen molar-refractivity contribution in [2.45, 2.75) is 17.8 Å². The first-order valence-electron chi connectivity index (χ1n) is 9.64. The average Bonchev–Trinajstić information content (AvgIpc) is 3.40. The first-order chi connectivity index (χ1) is 15.5. The van der Waals surface area contributed by atoms with Crippen molar-refractivity contribution in [3.05, 3.63) is 65.4 Å². The minimum Gasteiger partial charge on any atom is -0.495 e. The second kappa shape index (κ2) is 9.49. The molecule has 0 aliphatic carbocycles. The number of carbonyl (C=O) groups excluding carboxylic acids is 1. The van der Waals surface area contributed by atoms with Gasteiger partial charge in [0, 0.05) is 30.7 Å². The molecule has 0 unspecified atom stereocenters. The van der Waals surface area contributed by atoms with Gasteiger partial charge in [-0.1, -0.05) is 23.9 Å². The van der Waals surface area contributed by atoms with Crippen LogP contribution in [0.5, 0.6) is 5.75 Å². The minimum atomic E-state index is -0.294. The number of amides is 1. The number of carbonyl (C=O) groups is 1. The number of methoxy groups -OCH3 is 1. The van der Waals surface area contributed by atoms with Gasteiger partial charge in [-0.3, -0.25) is 9.69 Å². The molecule has 0 N–H and O–H groups in total. The summed E-state index contributed by atoms with van der Waals surface area (Å²) in [6.07, 6.45) is 0. The Morgan fingerprint density at radius 2 is 1.94 bits per heavy atom. The standard InChI is InChI=1S/C22H20FN5O2S2/c1-14(29)28(18-6-4-5-7-19(18)30-3)21-24-17(12-31-21)13-32-22-26-25-20(27(22)2)15-8-10-16(23)11-9-15/h4-12H,13H2,1-3H3. The van der Waals surface area contributed by atoms with E-state index in [1.807, 2.05) is 41.3 Å². The van der Waals surface area contributed by atoms with Crippen LogP contribution < -0.4 is 9.64 Å². The lowest BCUT2D eigenvalue weighted by atomic mass is 10.2. The highest BCUT2D eigenvalue weighted by molar-refractivity contribution is 7.98. The Hall–Kier alpha value is -3.24. The average molecular weight is 470 g/mol. The molecule has 7 nitrogen and oxygen atoms in total. The van der Waals surface area contributed by atoms with Gasteiger partial charge in [0.15, 0.2) is 16.1 Å². The molecule has 0 saturated carbocycles. The number of hydrogen-bond donors (Lipinski definition) is 0. The third kappa shape index (κ3) is 4.51. The monoisotopic (exact) mass is 469 g/mol. The van der Waals surface area contributed by atoms with E-state index in [2.05, 4.69) is 15.2 Å². The molecule has 4 rings (SSSR count). The van der Waals surface area contributed by atoms with Gasteiger partial charge < -0.3 is 9.30 Å². The van der Waals surface area contributed by atoms with E-state index in [9.17, 15) is 9.18 Å². The van der Waals surface area contributed by atoms with Crippen LogP contribution in [0.15, 0.2) is 59.1 Å². The van der Waals surface area contributed by atoms with Crippen LogP contribution in [-0.4, -0.2) is 32.8 Å². The summed E-state index contributed by atoms with van der Waals surface area (Å²) in [4.78, 5) is 18.6. The molecule has 0 aliphatic heterocycles. The van der Waals surface area contributed by atoms with Crippen LogP contribution in [0.3, 0.4) is 0 Å². The van der Waals surface area contributed by atoms with E-state index in [4.69, 9.17) is 4.74 Å². The van der Waals surface area contributed by atoms with Crippen molar-refractivity contribution in [2.24, 2.45) is 7.05 Å². The number of anilines is 2. The van der Waals surface area contributed by atoms with Crippen molar-refractivity contribution in [1.82, 2.24) is 19.7 Å². The van der Waals surface area contributed by atoms with E-state index >= 15 is 0 Å². The fourth-order valence-corrected chi connectivity index (χ4v) is 4.91. The fraction of sp³-hybridized carbons (Fsp3) is 0.182. The molecule has 32 heavy (non-hydrogen) atoms. The molecular formula is C22H20FN5O2S2. The van der Waals surface area contributed by atoms with Gasteiger partial charge >= 0.3 is 0 Å². The summed E-state index contributed by atoms with van der Waals surface area (Å²) >= 11 is 2.88. The number of para-hydroxylation sites is 2. The Balaban J connectivity index is 1.51. The van der Waals surface area contributed by atoms with Crippen LogP contribution in [0.25, 0.3) is 11.4 Å². The van der Waals surface area contributed by atoms with Crippen LogP contribution in [0.1, 0.15) is 12.6 Å². The lowest BCUT2D eigenvalue weighted by Gasteiger charge is -2.20. The smallest absolute Gasteiger partial charge is 0.230 e. The van der Waals surface area contributed by atoms with Crippen LogP contribution in [0.2, 0.25) is 0 Å². The topological polar surface area (TPSA) is 73.1 Å². The van der Waals surface area contributed by atoms with Crippen molar-refractivity contribution < 1.29 is 13.9 Å². The second-order valence-corrected chi connectivity index (χ2v) is 8.59. The molecule has 0 bridgehead atoms. The molecule has 2 aromatic heterocycles. The van der Waals surface area contributed by atoms with Crippen LogP contribution in [0.4, 0.5) is 15.2 Å². The molecule has 2 heterocycles. The third-order valence-electron chi connectivity index (χ3n) is 4.66. The van der Waals surface area contributed by atoms with Gasteiger partial charge in [-0.2, -0.15) is 0 Å². The van der Waals surface area contributed by atoms with Gasteiger partial charge in [0.05, 0.1) is 18.5 Å². The summed E-state index contributed by atoms with van der Waals surface area (Å²) in [5.41, 5.74) is 2.26. The maximum atomic E-state index is 13.2. The molecule has 164 valence electrons. The first kappa shape index (κ1) is 22.0. The van der Waals surface area contributed by atoms with Crippen molar-refractivity contribution in [3.63, 3.8) is 0 Å². The first-order valence-corrected chi connectivity index (χ1v) is 11.5. The molecule has 2 aromatic carbocycles. The fourth-order valence-electron chi connectivity index (χ4n) is 3.12. The Labute approximate surface area is 192 Å². The summed E-state index contributed by atoms with van der Waals surface area (Å²) in [5, 5.41) is 11.7. The van der Waals surface area contributed by atoms with Gasteiger partial charge in [-0.25, -0.2) is 9.37 Å². The number of aromatic nitrogens is 4. The van der Waals surface area contributed by atoms with E-state index in [1.54, 1.807) is 24.1 Å². The number of rotatable bonds is 7. The maximum Gasteiger partial charge on any atom is 0.230 e. The molecule has 0 aliphatic rings. The summed E-state index contributed by atoms with van der Waals surface area (Å²) in [7, 11) is 3.44. The molecule has 1 amide bonds. The number of nitrogens with zero attached hydrogens (tertiary/aromatic N) is 5. The zero-order chi connectivity index (χ0) is 22.7. The number of benzene rings is 2. The zero-order valence-corrected chi connectivity index (χ0v) is 19.3. The van der Waals surface area contributed by atoms with Crippen LogP contribution in [0, 0.1) is 5.82 Å². The number of thioether (sulfide) groups is 1. The van der Waals surface area contributed by atoms with Crippen molar-refractivity contribution in [1.29, 1.82) is 0 Å². The van der Waals surface area contributed by atoms with Crippen LogP contribution >= 0.6 is 23.1 Å². The van der Waals surface area contributed by atoms with Crippen molar-refractivity contribution >= 4 is 39.8 Å². The lowest BCUT2D eigenvalue weighted by molar-refractivity contribution is -0.115. The van der Waals surface area contributed by atoms with Crippen LogP contribution in [-0.2, 0) is 17.6 Å². The van der Waals surface area contributed by atoms with Crippen molar-refractivity contribution in [3.8, 4) is 17.1 Å². The van der Waals surface area contributed by atoms with E-state index in [1.165, 1.54) is 42.2 Å². The summed E-state index contributed by atoms with van der Waals surface area (Å²) < 4.78 is 20.5. The summed E-state index contributed by atoms with van der Waals surface area (Å²) in [5.74, 6) is 1.37. The SMILES string of the molecule is COc1ccccc1N(C(C)=O)c1nc(CSc2nnc(-c3ccc(F)cc3)n2C)cs1. The number of thiazole rings is 1. The Morgan fingerprint density at radius 3 is 2.66 bits per heavy atom. The number of ether oxygens (including phenoxy) is 1. The van der Waals surface area contributed by atoms with Crippen molar-refractivity contribution in [2.75, 3.05) is 12.0 Å². The maximum absolute atomic E-state index is 13.2. The van der Waals surface area contributed by atoms with E-state index in [-0.39, 0.29) is 11.7 Å². The molecule has 10 heteroatoms. The summed E-state index contributed by atoms with van der Waals surface area (Å²) in [6.45, 7) is 1.50. The lowest BCUT2D eigenvalue weighted by Crippen LogP contribution is -2.23. The Morgan fingerprint density at radius 1 is 1.19 bits per heavy atom. The Kier molecular flexibility index (Phi) is 6.52. The molecule has 0 atom stereocenters. The van der Waals surface area contributed by atoms with E-state index in [0.717, 1.165) is 11.3 Å². The van der Waals surface area contributed by atoms with Gasteiger partial charge in [0.2, 0.25) is 5.91 Å². The molecule has 0 fully saturated rings. The molecule has 0 spiro atoms. The summed E-state index contributed by atoms with van der Waals surface area (Å²) in [6, 6.07) is 13.5. The highest BCUT2D eigenvalue weighted by Crippen LogP contribution is 2.36. The zero-order valence-electron chi connectivity index (χ0n) is 17.7. The molecular weight excluding hydrogens is 449 g/mol. The highest BCUT2D eigenvalue weighted by atomic mass is 32.2. The predicted octanol–water partition coefficient (Wildman–Crippen LogP) is 5.06. The van der Waals surface area contributed by atoms with Gasteiger partial charge in [0.25, 0.3) is 0 Å². The van der Waals surface area contributed by atoms with E-state index in [0.29, 0.717) is 33.3 Å². The van der Waals surface area contributed by atoms with E-state index < -0.39 is 0 Å². The van der Waals surface area contributed by atoms with Gasteiger partial charge in [0.1, 0.15) is 11.6 Å². The molecule has 0 radical (unpaired) electrons. The molecule has 4 aromatic rings. The normalized spacial score (nSPS) is 10.9. The minimum absolute atomic E-state index is 0.153. The number of hydrogen-bond acceptors (Lipinski definition) is 7. The van der Waals surface area contributed by atoms with Gasteiger partial charge in [-0.05, 0) is 36.4 Å². The third-order valence-corrected chi connectivity index (χ3v) is 6.59. The molecule has 0 saturated heterocycles. The number of halogens is 1. The predicted molar refractivity (Wildman–Crippen MR) is 124 cm³/mol. The largest absolute Gasteiger partial charge is 0.495 e. The highest BCUT2D eigenvalue weighted by Gasteiger charge is 2.21. The Bertz CT molecular complexity index is 1240. The quantitative estimate of drug-likeness (QED) is 0.352. The second-order valence-electron chi connectivity index (χ2n) is 6.81. The van der Waals surface area contributed by atoms with Gasteiger partial charge in [-0.15, -0.1) is 21.5 Å².